The summed E-state index contributed by atoms with van der Waals surface area (Å²) in [6, 6.07) is 25.1. The molecule has 1 heterocycles. The molecule has 274 valence electrons. The molecule has 17 heteroatoms. The first kappa shape index (κ1) is 38.8. The van der Waals surface area contributed by atoms with E-state index in [0.717, 1.165) is 28.5 Å². The quantitative estimate of drug-likeness (QED) is 0.0831. The first-order valence-electron chi connectivity index (χ1n) is 15.8. The Morgan fingerprint density at radius 3 is 1.88 bits per heavy atom. The molecule has 3 N–H and O–H groups in total. The highest BCUT2D eigenvalue weighted by atomic mass is 127. The molecule has 0 aliphatic heterocycles. The Morgan fingerprint density at radius 1 is 0.865 bits per heavy atom. The van der Waals surface area contributed by atoms with Crippen molar-refractivity contribution < 1.29 is 37.6 Å². The Morgan fingerprint density at radius 2 is 1.38 bits per heavy atom. The molecule has 0 aliphatic carbocycles. The average Bonchev–Trinajstić information content (AvgIpc) is 3.61. The Balaban J connectivity index is 1.60. The molecule has 5 rings (SSSR count). The van der Waals surface area contributed by atoms with Crippen LogP contribution >= 0.6 is 34.4 Å². The summed E-state index contributed by atoms with van der Waals surface area (Å²) in [5, 5.41) is 34.9. The standard InChI is InChI=1S/C35H37IN6O8S2/c1-48-27-10-4-23(5-11-27)19-41(20-24-6-12-28(49-2)13-7-24)52(46,47)33-31(51-22-26(43)18-37-35(44)45)17-16-30(36)32(33)34-38-40-42(39-34)21-25-8-14-29(50-3)15-9-25/h4-17,26,37,43H,18-22H2,1-3H3,(H,44,45). The van der Waals surface area contributed by atoms with Crippen LogP contribution in [0.25, 0.3) is 11.4 Å². The third-order valence-corrected chi connectivity index (χ3v) is 11.9. The van der Waals surface area contributed by atoms with Crippen LogP contribution in [-0.2, 0) is 29.7 Å². The second kappa shape index (κ2) is 17.9. The van der Waals surface area contributed by atoms with Gasteiger partial charge >= 0.3 is 6.09 Å². The van der Waals surface area contributed by atoms with Crippen molar-refractivity contribution in [1.29, 1.82) is 0 Å². The molecule has 14 nitrogen and oxygen atoms in total. The van der Waals surface area contributed by atoms with Gasteiger partial charge in [-0.25, -0.2) is 13.2 Å². The molecule has 1 unspecified atom stereocenters. The van der Waals surface area contributed by atoms with Gasteiger partial charge in [-0.3, -0.25) is 0 Å². The highest BCUT2D eigenvalue weighted by Gasteiger charge is 2.34. The monoisotopic (exact) mass is 860 g/mol. The van der Waals surface area contributed by atoms with Gasteiger partial charge < -0.3 is 29.7 Å². The van der Waals surface area contributed by atoms with Gasteiger partial charge in [-0.15, -0.1) is 22.0 Å². The molecule has 1 aromatic heterocycles. The number of tetrazole rings is 1. The largest absolute Gasteiger partial charge is 0.497 e. The number of nitrogens with one attached hydrogen (secondary N) is 1. The lowest BCUT2D eigenvalue weighted by molar-refractivity contribution is 0.170. The van der Waals surface area contributed by atoms with E-state index in [0.29, 0.717) is 25.7 Å². The average molecular weight is 861 g/mol. The van der Waals surface area contributed by atoms with E-state index >= 15 is 8.42 Å². The predicted molar refractivity (Wildman–Crippen MR) is 203 cm³/mol. The van der Waals surface area contributed by atoms with Crippen LogP contribution in [0.5, 0.6) is 17.2 Å². The summed E-state index contributed by atoms with van der Waals surface area (Å²) in [5.41, 5.74) is 2.57. The first-order chi connectivity index (χ1) is 25.0. The lowest BCUT2D eigenvalue weighted by Gasteiger charge is -2.26. The van der Waals surface area contributed by atoms with Crippen molar-refractivity contribution >= 4 is 50.5 Å². The number of carboxylic acid groups (broad SMARTS) is 1. The third kappa shape index (κ3) is 9.91. The van der Waals surface area contributed by atoms with Crippen LogP contribution in [0.1, 0.15) is 16.7 Å². The molecule has 0 saturated carbocycles. The van der Waals surface area contributed by atoms with Crippen molar-refractivity contribution in [3.05, 3.63) is 105 Å². The molecule has 0 bridgehead atoms. The van der Waals surface area contributed by atoms with Gasteiger partial charge in [0.05, 0.1) is 39.5 Å². The van der Waals surface area contributed by atoms with E-state index in [1.165, 1.54) is 9.10 Å². The number of ether oxygens (including phenoxy) is 3. The summed E-state index contributed by atoms with van der Waals surface area (Å²) >= 11 is 3.14. The van der Waals surface area contributed by atoms with E-state index in [1.54, 1.807) is 82.0 Å². The van der Waals surface area contributed by atoms with Gasteiger partial charge in [-0.2, -0.15) is 9.10 Å². The maximum atomic E-state index is 15.2. The van der Waals surface area contributed by atoms with Crippen LogP contribution < -0.4 is 19.5 Å². The van der Waals surface area contributed by atoms with Gasteiger partial charge in [0.25, 0.3) is 0 Å². The molecule has 0 aliphatic rings. The topological polar surface area (TPSA) is 178 Å². The molecule has 0 radical (unpaired) electrons. The molecular formula is C35H37IN6O8S2. The minimum atomic E-state index is -4.37. The van der Waals surface area contributed by atoms with Gasteiger partial charge in [0.2, 0.25) is 15.8 Å². The Labute approximate surface area is 319 Å². The van der Waals surface area contributed by atoms with Crippen molar-refractivity contribution in [3.8, 4) is 28.6 Å². The summed E-state index contributed by atoms with van der Waals surface area (Å²) in [6.45, 7) is 0.0596. The number of thioether (sulfide) groups is 1. The summed E-state index contributed by atoms with van der Waals surface area (Å²) < 4.78 is 48.2. The Bertz CT molecular complexity index is 2020. The first-order valence-corrected chi connectivity index (χ1v) is 19.3. The normalized spacial score (nSPS) is 12.0. The van der Waals surface area contributed by atoms with Crippen molar-refractivity contribution in [1.82, 2.24) is 29.8 Å². The van der Waals surface area contributed by atoms with E-state index in [-0.39, 0.29) is 48.2 Å². The molecule has 52 heavy (non-hydrogen) atoms. The van der Waals surface area contributed by atoms with Crippen LogP contribution in [0.2, 0.25) is 0 Å². The number of nitrogens with zero attached hydrogens (tertiary/aromatic N) is 5. The summed E-state index contributed by atoms with van der Waals surface area (Å²) in [7, 11) is 0.334. The molecule has 1 atom stereocenters. The smallest absolute Gasteiger partial charge is 0.404 e. The van der Waals surface area contributed by atoms with Gasteiger partial charge in [0.15, 0.2) is 0 Å². The van der Waals surface area contributed by atoms with Crippen molar-refractivity contribution in [2.24, 2.45) is 0 Å². The SMILES string of the molecule is COc1ccc(CN(Cc2ccc(OC)cc2)S(=O)(=O)c2c(SCC(O)CNC(=O)O)ccc(I)c2-c2nnn(Cc3ccc(OC)cc3)n2)cc1. The third-order valence-electron chi connectivity index (χ3n) is 7.78. The fourth-order valence-electron chi connectivity index (χ4n) is 5.10. The number of halogens is 1. The number of methoxy groups -OCH3 is 3. The second-order valence-electron chi connectivity index (χ2n) is 11.4. The number of hydrogen-bond donors (Lipinski definition) is 3. The molecule has 0 fully saturated rings. The highest BCUT2D eigenvalue weighted by Crippen LogP contribution is 2.40. The number of benzene rings is 4. The number of aliphatic hydroxyl groups excluding tert-OH is 1. The zero-order chi connectivity index (χ0) is 37.3. The Kier molecular flexibility index (Phi) is 13.3. The molecule has 1 amide bonds. The van der Waals surface area contributed by atoms with Crippen LogP contribution in [0.3, 0.4) is 0 Å². The lowest BCUT2D eigenvalue weighted by atomic mass is 10.2. The number of aliphatic hydroxyl groups is 1. The number of hydrogen-bond acceptors (Lipinski definition) is 11. The van der Waals surface area contributed by atoms with E-state index in [4.69, 9.17) is 19.3 Å². The van der Waals surface area contributed by atoms with E-state index < -0.39 is 22.2 Å². The molecular weight excluding hydrogens is 823 g/mol. The fourth-order valence-corrected chi connectivity index (χ4v) is 9.03. The van der Waals surface area contributed by atoms with Crippen LogP contribution in [-0.4, -0.2) is 89.0 Å². The Hall–Kier alpha value is -4.43. The van der Waals surface area contributed by atoms with Gasteiger partial charge in [0, 0.05) is 33.9 Å². The number of carbonyl (C=O) groups is 1. The van der Waals surface area contributed by atoms with Crippen LogP contribution in [0.15, 0.2) is 94.7 Å². The number of rotatable bonds is 17. The maximum absolute atomic E-state index is 15.2. The summed E-state index contributed by atoms with van der Waals surface area (Å²) in [4.78, 5) is 12.7. The molecule has 5 aromatic rings. The number of sulfonamides is 1. The second-order valence-corrected chi connectivity index (χ2v) is 15.5. The van der Waals surface area contributed by atoms with Gasteiger partial charge in [-0.05, 0) is 93.0 Å². The van der Waals surface area contributed by atoms with Gasteiger partial charge in [0.1, 0.15) is 22.1 Å². The zero-order valence-corrected chi connectivity index (χ0v) is 32.3. The minimum Gasteiger partial charge on any atom is -0.497 e. The highest BCUT2D eigenvalue weighted by molar-refractivity contribution is 14.1. The maximum Gasteiger partial charge on any atom is 0.404 e. The van der Waals surface area contributed by atoms with E-state index in [9.17, 15) is 9.90 Å². The number of aromatic nitrogens is 4. The van der Waals surface area contributed by atoms with Crippen LogP contribution in [0, 0.1) is 3.57 Å². The van der Waals surface area contributed by atoms with Gasteiger partial charge in [-0.1, -0.05) is 36.4 Å². The van der Waals surface area contributed by atoms with E-state index in [1.807, 2.05) is 24.3 Å². The van der Waals surface area contributed by atoms with E-state index in [2.05, 4.69) is 43.3 Å². The fraction of sp³-hybridized carbons (Fsp3) is 0.257. The molecule has 4 aromatic carbocycles. The van der Waals surface area contributed by atoms with Crippen LogP contribution in [0.4, 0.5) is 4.79 Å². The minimum absolute atomic E-state index is 0.00260. The molecule has 0 saturated heterocycles. The van der Waals surface area contributed by atoms with Crippen molar-refractivity contribution in [2.45, 2.75) is 35.5 Å². The lowest BCUT2D eigenvalue weighted by Crippen LogP contribution is -2.32. The molecule has 0 spiro atoms. The summed E-state index contributed by atoms with van der Waals surface area (Å²) in [5.74, 6) is 2.06. The van der Waals surface area contributed by atoms with Crippen molar-refractivity contribution in [2.75, 3.05) is 33.6 Å². The zero-order valence-electron chi connectivity index (χ0n) is 28.5. The predicted octanol–water partition coefficient (Wildman–Crippen LogP) is 5.13. The number of amides is 1. The van der Waals surface area contributed by atoms with Crippen molar-refractivity contribution in [3.63, 3.8) is 0 Å². The summed E-state index contributed by atoms with van der Waals surface area (Å²) in [6.07, 6.45) is -2.38.